The largest absolute Gasteiger partial charge is 0.512 e. The molecule has 0 aromatic heterocycles. The number of carbonyl (C=O) groups excluding carboxylic acids is 1. The standard InChI is InChI=1S/C10H14N2O2/c1-6-4-5-11-10(12-6)9(7(2)13)8(3)14/h13H,4-5H2,1-3H3/b9-7-. The average molecular weight is 194 g/mol. The van der Waals surface area contributed by atoms with Crippen molar-refractivity contribution in [1.29, 1.82) is 0 Å². The molecule has 0 radical (unpaired) electrons. The van der Waals surface area contributed by atoms with E-state index in [0.29, 0.717) is 12.4 Å². The first-order valence-electron chi connectivity index (χ1n) is 4.52. The topological polar surface area (TPSA) is 62.0 Å². The van der Waals surface area contributed by atoms with E-state index in [0.717, 1.165) is 12.1 Å². The highest BCUT2D eigenvalue weighted by molar-refractivity contribution is 6.23. The minimum Gasteiger partial charge on any atom is -0.512 e. The Morgan fingerprint density at radius 1 is 1.43 bits per heavy atom. The molecule has 0 saturated heterocycles. The van der Waals surface area contributed by atoms with E-state index < -0.39 is 0 Å². The van der Waals surface area contributed by atoms with Crippen LogP contribution in [0.2, 0.25) is 0 Å². The molecular formula is C10H14N2O2. The van der Waals surface area contributed by atoms with Gasteiger partial charge in [0.1, 0.15) is 5.76 Å². The Balaban J connectivity index is 3.09. The van der Waals surface area contributed by atoms with Gasteiger partial charge in [0.05, 0.1) is 5.57 Å². The fraction of sp³-hybridized carbons (Fsp3) is 0.500. The Labute approximate surface area is 83.1 Å². The smallest absolute Gasteiger partial charge is 0.166 e. The van der Waals surface area contributed by atoms with Gasteiger partial charge in [-0.15, -0.1) is 0 Å². The summed E-state index contributed by atoms with van der Waals surface area (Å²) in [4.78, 5) is 19.5. The second-order valence-corrected chi connectivity index (χ2v) is 3.32. The first kappa shape index (κ1) is 10.6. The average Bonchev–Trinajstić information content (AvgIpc) is 2.02. The van der Waals surface area contributed by atoms with Gasteiger partial charge in [0, 0.05) is 18.7 Å². The van der Waals surface area contributed by atoms with Crippen molar-refractivity contribution in [2.45, 2.75) is 27.2 Å². The molecule has 0 unspecified atom stereocenters. The van der Waals surface area contributed by atoms with E-state index in [1.54, 1.807) is 0 Å². The summed E-state index contributed by atoms with van der Waals surface area (Å²) in [7, 11) is 0. The fourth-order valence-corrected chi connectivity index (χ4v) is 1.30. The summed E-state index contributed by atoms with van der Waals surface area (Å²) < 4.78 is 0. The number of carbonyl (C=O) groups is 1. The molecule has 4 heteroatoms. The Bertz CT molecular complexity index is 347. The minimum absolute atomic E-state index is 0.0188. The van der Waals surface area contributed by atoms with E-state index >= 15 is 0 Å². The summed E-state index contributed by atoms with van der Waals surface area (Å²) in [5.41, 5.74) is 1.17. The van der Waals surface area contributed by atoms with Crippen LogP contribution in [-0.2, 0) is 4.79 Å². The van der Waals surface area contributed by atoms with Crippen LogP contribution in [0.5, 0.6) is 0 Å². The predicted molar refractivity (Wildman–Crippen MR) is 56.0 cm³/mol. The van der Waals surface area contributed by atoms with Crippen molar-refractivity contribution in [2.24, 2.45) is 9.98 Å². The molecule has 1 rings (SSSR count). The van der Waals surface area contributed by atoms with Crippen LogP contribution >= 0.6 is 0 Å². The summed E-state index contributed by atoms with van der Waals surface area (Å²) in [6, 6.07) is 0. The lowest BCUT2D eigenvalue weighted by molar-refractivity contribution is -0.113. The van der Waals surface area contributed by atoms with Gasteiger partial charge in [-0.25, -0.2) is 4.99 Å². The molecule has 4 nitrogen and oxygen atoms in total. The van der Waals surface area contributed by atoms with Gasteiger partial charge in [-0.3, -0.25) is 9.79 Å². The van der Waals surface area contributed by atoms with Crippen LogP contribution in [0.25, 0.3) is 0 Å². The number of aliphatic hydroxyl groups is 1. The van der Waals surface area contributed by atoms with E-state index in [9.17, 15) is 9.90 Å². The zero-order chi connectivity index (χ0) is 10.7. The molecule has 1 heterocycles. The maximum Gasteiger partial charge on any atom is 0.166 e. The van der Waals surface area contributed by atoms with Crippen molar-refractivity contribution in [3.63, 3.8) is 0 Å². The van der Waals surface area contributed by atoms with Crippen LogP contribution < -0.4 is 0 Å². The van der Waals surface area contributed by atoms with Crippen molar-refractivity contribution >= 4 is 17.3 Å². The third kappa shape index (κ3) is 2.28. The Morgan fingerprint density at radius 3 is 2.50 bits per heavy atom. The van der Waals surface area contributed by atoms with Gasteiger partial charge in [-0.05, 0) is 20.8 Å². The normalized spacial score (nSPS) is 18.2. The van der Waals surface area contributed by atoms with E-state index in [1.165, 1.54) is 13.8 Å². The molecule has 0 aromatic rings. The molecule has 0 bridgehead atoms. The van der Waals surface area contributed by atoms with Crippen molar-refractivity contribution in [3.05, 3.63) is 11.3 Å². The highest BCUT2D eigenvalue weighted by Crippen LogP contribution is 2.11. The summed E-state index contributed by atoms with van der Waals surface area (Å²) in [6.07, 6.45) is 0.819. The highest BCUT2D eigenvalue weighted by Gasteiger charge is 2.17. The van der Waals surface area contributed by atoms with Crippen LogP contribution in [0.15, 0.2) is 21.3 Å². The predicted octanol–water partition coefficient (Wildman–Crippen LogP) is 1.67. The van der Waals surface area contributed by atoms with Gasteiger partial charge in [-0.2, -0.15) is 0 Å². The summed E-state index contributed by atoms with van der Waals surface area (Å²) in [5, 5.41) is 9.33. The number of ketones is 1. The number of hydrogen-bond donors (Lipinski definition) is 1. The van der Waals surface area contributed by atoms with Gasteiger partial charge < -0.3 is 5.11 Å². The summed E-state index contributed by atoms with van der Waals surface area (Å²) >= 11 is 0. The van der Waals surface area contributed by atoms with Crippen LogP contribution in [0.4, 0.5) is 0 Å². The molecule has 0 saturated carbocycles. The van der Waals surface area contributed by atoms with Crippen LogP contribution in [-0.4, -0.2) is 29.0 Å². The van der Waals surface area contributed by atoms with Gasteiger partial charge in [0.25, 0.3) is 0 Å². The summed E-state index contributed by atoms with van der Waals surface area (Å²) in [6.45, 7) is 5.39. The van der Waals surface area contributed by atoms with Crippen molar-refractivity contribution in [3.8, 4) is 0 Å². The van der Waals surface area contributed by atoms with Gasteiger partial charge in [-0.1, -0.05) is 0 Å². The third-order valence-electron chi connectivity index (χ3n) is 1.97. The highest BCUT2D eigenvalue weighted by atomic mass is 16.3. The molecule has 0 spiro atoms. The number of nitrogens with zero attached hydrogens (tertiary/aromatic N) is 2. The zero-order valence-corrected chi connectivity index (χ0v) is 8.66. The molecule has 0 aromatic carbocycles. The molecule has 0 amide bonds. The van der Waals surface area contributed by atoms with Gasteiger partial charge in [0.2, 0.25) is 0 Å². The second kappa shape index (κ2) is 4.17. The molecule has 0 aliphatic carbocycles. The zero-order valence-electron chi connectivity index (χ0n) is 8.66. The molecule has 0 fully saturated rings. The number of rotatable bonds is 2. The van der Waals surface area contributed by atoms with Crippen LogP contribution in [0, 0.1) is 0 Å². The first-order valence-corrected chi connectivity index (χ1v) is 4.52. The van der Waals surface area contributed by atoms with Crippen molar-refractivity contribution in [1.82, 2.24) is 0 Å². The number of allylic oxidation sites excluding steroid dienone is 1. The van der Waals surface area contributed by atoms with E-state index in [-0.39, 0.29) is 17.1 Å². The van der Waals surface area contributed by atoms with Crippen molar-refractivity contribution in [2.75, 3.05) is 6.54 Å². The lowest BCUT2D eigenvalue weighted by Crippen LogP contribution is -2.16. The molecule has 76 valence electrons. The van der Waals surface area contributed by atoms with Gasteiger partial charge in [0.15, 0.2) is 11.6 Å². The molecule has 14 heavy (non-hydrogen) atoms. The monoisotopic (exact) mass is 194 g/mol. The maximum atomic E-state index is 11.2. The molecular weight excluding hydrogens is 180 g/mol. The SMILES string of the molecule is CC(=O)/C(C1=NCCC(C)=N1)=C(\C)O. The first-order chi connectivity index (χ1) is 6.52. The third-order valence-corrected chi connectivity index (χ3v) is 1.97. The molecule has 1 N–H and O–H groups in total. The fourth-order valence-electron chi connectivity index (χ4n) is 1.30. The number of aliphatic imine (C=N–C) groups is 2. The minimum atomic E-state index is -0.206. The van der Waals surface area contributed by atoms with E-state index in [4.69, 9.17) is 0 Å². The maximum absolute atomic E-state index is 11.2. The Kier molecular flexibility index (Phi) is 3.17. The van der Waals surface area contributed by atoms with E-state index in [2.05, 4.69) is 9.98 Å². The molecule has 1 aliphatic rings. The second-order valence-electron chi connectivity index (χ2n) is 3.32. The van der Waals surface area contributed by atoms with Crippen LogP contribution in [0.3, 0.4) is 0 Å². The lowest BCUT2D eigenvalue weighted by Gasteiger charge is -2.10. The molecule has 1 aliphatic heterocycles. The molecule has 0 atom stereocenters. The van der Waals surface area contributed by atoms with E-state index in [1.807, 2.05) is 6.92 Å². The summed E-state index contributed by atoms with van der Waals surface area (Å²) in [5.74, 6) is 0.137. The number of amidine groups is 1. The number of Topliss-reactive ketones (excluding diaryl/α,β-unsaturated/α-hetero) is 1. The van der Waals surface area contributed by atoms with Crippen LogP contribution in [0.1, 0.15) is 27.2 Å². The Hall–Kier alpha value is -1.45. The Morgan fingerprint density at radius 2 is 2.07 bits per heavy atom. The van der Waals surface area contributed by atoms with Crippen molar-refractivity contribution < 1.29 is 9.90 Å². The quantitative estimate of drug-likeness (QED) is 0.537. The number of aliphatic hydroxyl groups excluding tert-OH is 1. The van der Waals surface area contributed by atoms with Gasteiger partial charge >= 0.3 is 0 Å². The number of hydrogen-bond acceptors (Lipinski definition) is 4. The lowest BCUT2D eigenvalue weighted by atomic mass is 10.1.